The summed E-state index contributed by atoms with van der Waals surface area (Å²) in [4.78, 5) is 37.1. The standard InChI is InChI=1S/C31H35NO5/c1-3-4-5-6-10-21-36-27-19-15-26(16-20-27)31(35)37-28-17-13-24(14-18-28)22-29(23(2)33)32-30(34)25-11-8-7-9-12-25/h7-9,11-20,29H,3-6,10,21-22H2,1-2H3,(H,32,34)/t29-/m0/s1. The van der Waals surface area contributed by atoms with Gasteiger partial charge in [0.1, 0.15) is 11.5 Å². The molecule has 0 spiro atoms. The second-order valence-corrected chi connectivity index (χ2v) is 9.03. The van der Waals surface area contributed by atoms with E-state index in [2.05, 4.69) is 12.2 Å². The molecule has 0 radical (unpaired) electrons. The second kappa shape index (κ2) is 14.6. The predicted molar refractivity (Wildman–Crippen MR) is 144 cm³/mol. The molecule has 6 nitrogen and oxygen atoms in total. The van der Waals surface area contributed by atoms with Gasteiger partial charge in [-0.1, -0.05) is 62.9 Å². The first-order valence-corrected chi connectivity index (χ1v) is 12.9. The van der Waals surface area contributed by atoms with Crippen LogP contribution in [0.1, 0.15) is 72.2 Å². The predicted octanol–water partition coefficient (Wildman–Crippen LogP) is 6.19. The highest BCUT2D eigenvalue weighted by atomic mass is 16.5. The fraction of sp³-hybridized carbons (Fsp3) is 0.323. The number of ketones is 1. The van der Waals surface area contributed by atoms with Gasteiger partial charge in [-0.2, -0.15) is 0 Å². The van der Waals surface area contributed by atoms with Crippen LogP contribution in [0.15, 0.2) is 78.9 Å². The monoisotopic (exact) mass is 501 g/mol. The lowest BCUT2D eigenvalue weighted by molar-refractivity contribution is -0.118. The van der Waals surface area contributed by atoms with Gasteiger partial charge >= 0.3 is 5.97 Å². The van der Waals surface area contributed by atoms with Crippen molar-refractivity contribution in [1.82, 2.24) is 5.32 Å². The molecule has 0 aliphatic rings. The lowest BCUT2D eigenvalue weighted by atomic mass is 10.0. The van der Waals surface area contributed by atoms with Crippen LogP contribution in [-0.2, 0) is 11.2 Å². The number of unbranched alkanes of at least 4 members (excludes halogenated alkanes) is 4. The van der Waals surface area contributed by atoms with Crippen molar-refractivity contribution in [1.29, 1.82) is 0 Å². The molecular formula is C31H35NO5. The number of esters is 1. The fourth-order valence-corrected chi connectivity index (χ4v) is 3.81. The molecule has 0 aliphatic carbocycles. The van der Waals surface area contributed by atoms with E-state index in [0.717, 1.165) is 24.2 Å². The molecule has 1 atom stereocenters. The van der Waals surface area contributed by atoms with Crippen LogP contribution >= 0.6 is 0 Å². The number of amides is 1. The van der Waals surface area contributed by atoms with Crippen molar-refractivity contribution in [3.63, 3.8) is 0 Å². The third kappa shape index (κ3) is 9.22. The summed E-state index contributed by atoms with van der Waals surface area (Å²) < 4.78 is 11.2. The van der Waals surface area contributed by atoms with Crippen molar-refractivity contribution in [2.24, 2.45) is 0 Å². The SMILES string of the molecule is CCCCCCCOc1ccc(C(=O)Oc2ccc(C[C@H](NC(=O)c3ccccc3)C(C)=O)cc2)cc1. The summed E-state index contributed by atoms with van der Waals surface area (Å²) in [6, 6.07) is 22.0. The number of hydrogen-bond donors (Lipinski definition) is 1. The van der Waals surface area contributed by atoms with Crippen LogP contribution in [0.3, 0.4) is 0 Å². The Hall–Kier alpha value is -3.93. The van der Waals surface area contributed by atoms with Gasteiger partial charge in [0.15, 0.2) is 5.78 Å². The molecular weight excluding hydrogens is 466 g/mol. The van der Waals surface area contributed by atoms with E-state index >= 15 is 0 Å². The van der Waals surface area contributed by atoms with Crippen molar-refractivity contribution >= 4 is 17.7 Å². The minimum atomic E-state index is -0.654. The number of carbonyl (C=O) groups is 3. The van der Waals surface area contributed by atoms with Gasteiger partial charge < -0.3 is 14.8 Å². The average molecular weight is 502 g/mol. The van der Waals surface area contributed by atoms with Crippen LogP contribution in [0.4, 0.5) is 0 Å². The number of Topliss-reactive ketones (excluding diaryl/α,β-unsaturated/α-hetero) is 1. The molecule has 0 unspecified atom stereocenters. The lowest BCUT2D eigenvalue weighted by Crippen LogP contribution is -2.41. The Balaban J connectivity index is 1.49. The summed E-state index contributed by atoms with van der Waals surface area (Å²) in [6.07, 6.45) is 6.22. The van der Waals surface area contributed by atoms with Gasteiger partial charge in [0.25, 0.3) is 5.91 Å². The van der Waals surface area contributed by atoms with E-state index in [4.69, 9.17) is 9.47 Å². The normalized spacial score (nSPS) is 11.4. The smallest absolute Gasteiger partial charge is 0.343 e. The summed E-state index contributed by atoms with van der Waals surface area (Å²) in [6.45, 7) is 4.32. The first kappa shape index (κ1) is 27.7. The molecule has 0 aromatic heterocycles. The summed E-state index contributed by atoms with van der Waals surface area (Å²) in [5.74, 6) is 0.235. The van der Waals surface area contributed by atoms with Crippen molar-refractivity contribution in [2.45, 2.75) is 58.4 Å². The number of rotatable bonds is 14. The molecule has 3 aromatic rings. The fourth-order valence-electron chi connectivity index (χ4n) is 3.81. The number of hydrogen-bond acceptors (Lipinski definition) is 5. The topological polar surface area (TPSA) is 81.7 Å². The van der Waals surface area contributed by atoms with Gasteiger partial charge in [0.2, 0.25) is 0 Å². The molecule has 0 aliphatic heterocycles. The van der Waals surface area contributed by atoms with E-state index in [1.54, 1.807) is 72.8 Å². The third-order valence-electron chi connectivity index (χ3n) is 6.01. The van der Waals surface area contributed by atoms with Crippen LogP contribution in [-0.4, -0.2) is 30.3 Å². The lowest BCUT2D eigenvalue weighted by Gasteiger charge is -2.16. The van der Waals surface area contributed by atoms with Crippen LogP contribution in [0, 0.1) is 0 Å². The Morgan fingerprint density at radius 3 is 2.05 bits per heavy atom. The molecule has 6 heteroatoms. The van der Waals surface area contributed by atoms with Gasteiger partial charge in [-0.15, -0.1) is 0 Å². The van der Waals surface area contributed by atoms with Crippen molar-refractivity contribution in [3.8, 4) is 11.5 Å². The highest BCUT2D eigenvalue weighted by Crippen LogP contribution is 2.18. The maximum atomic E-state index is 12.5. The van der Waals surface area contributed by atoms with E-state index in [9.17, 15) is 14.4 Å². The molecule has 0 bridgehead atoms. The zero-order chi connectivity index (χ0) is 26.5. The van der Waals surface area contributed by atoms with E-state index in [1.165, 1.54) is 26.2 Å². The average Bonchev–Trinajstić information content (AvgIpc) is 2.92. The highest BCUT2D eigenvalue weighted by molar-refractivity contribution is 5.97. The number of benzene rings is 3. The van der Waals surface area contributed by atoms with Gasteiger partial charge in [0, 0.05) is 5.56 Å². The zero-order valence-corrected chi connectivity index (χ0v) is 21.6. The van der Waals surface area contributed by atoms with Crippen LogP contribution in [0.5, 0.6) is 11.5 Å². The maximum Gasteiger partial charge on any atom is 0.343 e. The molecule has 1 amide bonds. The molecule has 3 rings (SSSR count). The van der Waals surface area contributed by atoms with E-state index in [-0.39, 0.29) is 11.7 Å². The van der Waals surface area contributed by atoms with Crippen LogP contribution in [0.25, 0.3) is 0 Å². The van der Waals surface area contributed by atoms with Crippen molar-refractivity contribution in [2.75, 3.05) is 6.61 Å². The number of carbonyl (C=O) groups excluding carboxylic acids is 3. The van der Waals surface area contributed by atoms with Crippen LogP contribution < -0.4 is 14.8 Å². The molecule has 0 heterocycles. The summed E-state index contributed by atoms with van der Waals surface area (Å²) in [5.41, 5.74) is 1.77. The molecule has 194 valence electrons. The Morgan fingerprint density at radius 2 is 1.41 bits per heavy atom. The van der Waals surface area contributed by atoms with Gasteiger partial charge in [-0.05, 0) is 73.9 Å². The number of ether oxygens (including phenoxy) is 2. The molecule has 37 heavy (non-hydrogen) atoms. The summed E-state index contributed by atoms with van der Waals surface area (Å²) in [5, 5.41) is 2.79. The minimum Gasteiger partial charge on any atom is -0.494 e. The largest absolute Gasteiger partial charge is 0.494 e. The molecule has 0 fully saturated rings. The molecule has 0 saturated heterocycles. The second-order valence-electron chi connectivity index (χ2n) is 9.03. The quantitative estimate of drug-likeness (QED) is 0.162. The first-order valence-electron chi connectivity index (χ1n) is 12.9. The summed E-state index contributed by atoms with van der Waals surface area (Å²) >= 11 is 0. The molecule has 1 N–H and O–H groups in total. The number of nitrogens with one attached hydrogen (secondary N) is 1. The van der Waals surface area contributed by atoms with Crippen LogP contribution in [0.2, 0.25) is 0 Å². The first-order chi connectivity index (χ1) is 18.0. The summed E-state index contributed by atoms with van der Waals surface area (Å²) in [7, 11) is 0. The van der Waals surface area contributed by atoms with Gasteiger partial charge in [-0.25, -0.2) is 4.79 Å². The van der Waals surface area contributed by atoms with Crippen molar-refractivity contribution < 1.29 is 23.9 Å². The van der Waals surface area contributed by atoms with Gasteiger partial charge in [-0.3, -0.25) is 9.59 Å². The Morgan fingerprint density at radius 1 is 0.757 bits per heavy atom. The molecule has 0 saturated carbocycles. The Kier molecular flexibility index (Phi) is 10.9. The highest BCUT2D eigenvalue weighted by Gasteiger charge is 2.19. The third-order valence-corrected chi connectivity index (χ3v) is 6.01. The zero-order valence-electron chi connectivity index (χ0n) is 21.6. The Bertz CT molecular complexity index is 1140. The van der Waals surface area contributed by atoms with E-state index in [1.807, 2.05) is 6.07 Å². The Labute approximate surface area is 219 Å². The van der Waals surface area contributed by atoms with E-state index < -0.39 is 12.0 Å². The maximum absolute atomic E-state index is 12.5. The van der Waals surface area contributed by atoms with E-state index in [0.29, 0.717) is 29.9 Å². The van der Waals surface area contributed by atoms with Gasteiger partial charge in [0.05, 0.1) is 18.2 Å². The molecule has 3 aromatic carbocycles. The van der Waals surface area contributed by atoms with Crippen molar-refractivity contribution in [3.05, 3.63) is 95.6 Å². The minimum absolute atomic E-state index is 0.135.